The van der Waals surface area contributed by atoms with E-state index < -0.39 is 0 Å². The van der Waals surface area contributed by atoms with Gasteiger partial charge in [0, 0.05) is 0 Å². The second-order valence-corrected chi connectivity index (χ2v) is 5.84. The Bertz CT molecular complexity index is 843. The van der Waals surface area contributed by atoms with Crippen LogP contribution >= 0.6 is 11.6 Å². The molecule has 0 aliphatic rings. The highest BCUT2D eigenvalue weighted by atomic mass is 35.5. The summed E-state index contributed by atoms with van der Waals surface area (Å²) in [5.74, 6) is -0.200. The lowest BCUT2D eigenvalue weighted by Crippen LogP contribution is -2.15. The first-order valence-corrected chi connectivity index (χ1v) is 8.26. The Morgan fingerprint density at radius 3 is 2.54 bits per heavy atom. The first kappa shape index (κ1) is 16.3. The van der Waals surface area contributed by atoms with Crippen LogP contribution in [0.4, 0.5) is 5.69 Å². The predicted molar refractivity (Wildman–Crippen MR) is 97.0 cm³/mol. The van der Waals surface area contributed by atoms with Gasteiger partial charge in [-0.15, -0.1) is 0 Å². The fourth-order valence-electron chi connectivity index (χ4n) is 2.58. The van der Waals surface area contributed by atoms with Crippen LogP contribution in [0.5, 0.6) is 0 Å². The molecule has 0 spiro atoms. The molecule has 2 aromatic carbocycles. The van der Waals surface area contributed by atoms with Gasteiger partial charge in [0.2, 0.25) is 0 Å². The van der Waals surface area contributed by atoms with Crippen molar-refractivity contribution in [3.8, 4) is 5.69 Å². The van der Waals surface area contributed by atoms with E-state index in [0.29, 0.717) is 16.3 Å². The minimum absolute atomic E-state index is 0.200. The molecule has 1 N–H and O–H groups in total. The van der Waals surface area contributed by atoms with E-state index >= 15 is 0 Å². The number of benzene rings is 2. The molecule has 0 saturated carbocycles. The number of hydrogen-bond donors (Lipinski definition) is 1. The molecule has 5 heteroatoms. The molecule has 1 amide bonds. The quantitative estimate of drug-likeness (QED) is 0.730. The number of aromatic nitrogens is 2. The fourth-order valence-corrected chi connectivity index (χ4v) is 2.77. The molecule has 0 aliphatic carbocycles. The third-order valence-electron chi connectivity index (χ3n) is 3.72. The van der Waals surface area contributed by atoms with Crippen molar-refractivity contribution < 1.29 is 4.79 Å². The van der Waals surface area contributed by atoms with Crippen molar-refractivity contribution in [2.45, 2.75) is 19.8 Å². The summed E-state index contributed by atoms with van der Waals surface area (Å²) in [6.07, 6.45) is 3.30. The van der Waals surface area contributed by atoms with Gasteiger partial charge < -0.3 is 5.32 Å². The van der Waals surface area contributed by atoms with Crippen molar-refractivity contribution in [2.75, 3.05) is 5.32 Å². The third kappa shape index (κ3) is 3.34. The number of rotatable bonds is 5. The summed E-state index contributed by atoms with van der Waals surface area (Å²) >= 11 is 6.12. The van der Waals surface area contributed by atoms with Crippen LogP contribution in [0.3, 0.4) is 0 Å². The van der Waals surface area contributed by atoms with Crippen molar-refractivity contribution in [3.05, 3.63) is 77.1 Å². The van der Waals surface area contributed by atoms with Gasteiger partial charge in [-0.25, -0.2) is 4.68 Å². The number of para-hydroxylation sites is 2. The number of nitrogens with zero attached hydrogens (tertiary/aromatic N) is 2. The first-order chi connectivity index (χ1) is 11.7. The van der Waals surface area contributed by atoms with Gasteiger partial charge in [0.05, 0.1) is 33.9 Å². The molecule has 0 aliphatic heterocycles. The minimum Gasteiger partial charge on any atom is -0.321 e. The van der Waals surface area contributed by atoms with Gasteiger partial charge in [-0.2, -0.15) is 5.10 Å². The number of carbonyl (C=O) groups excluding carboxylic acids is 1. The Kier molecular flexibility index (Phi) is 4.96. The smallest absolute Gasteiger partial charge is 0.259 e. The fraction of sp³-hybridized carbons (Fsp3) is 0.158. The standard InChI is InChI=1S/C19H18ClN3O/c1-2-8-18-15(13-21-23(18)14-9-4-3-5-10-14)19(24)22-17-12-7-6-11-16(17)20/h3-7,9-13H,2,8H2,1H3,(H,22,24). The van der Waals surface area contributed by atoms with Gasteiger partial charge in [0.25, 0.3) is 5.91 Å². The van der Waals surface area contributed by atoms with Gasteiger partial charge in [0.1, 0.15) is 0 Å². The number of nitrogens with one attached hydrogen (secondary N) is 1. The number of anilines is 1. The highest BCUT2D eigenvalue weighted by Crippen LogP contribution is 2.23. The Hall–Kier alpha value is -2.59. The number of hydrogen-bond acceptors (Lipinski definition) is 2. The van der Waals surface area contributed by atoms with E-state index in [4.69, 9.17) is 11.6 Å². The van der Waals surface area contributed by atoms with Crippen LogP contribution < -0.4 is 5.32 Å². The van der Waals surface area contributed by atoms with E-state index in [2.05, 4.69) is 17.3 Å². The van der Waals surface area contributed by atoms with Crippen LogP contribution in [0.2, 0.25) is 5.02 Å². The molecule has 0 atom stereocenters. The minimum atomic E-state index is -0.200. The summed E-state index contributed by atoms with van der Waals surface area (Å²) < 4.78 is 1.82. The summed E-state index contributed by atoms with van der Waals surface area (Å²) in [4.78, 5) is 12.7. The number of amides is 1. The van der Waals surface area contributed by atoms with Crippen LogP contribution in [0.25, 0.3) is 5.69 Å². The second kappa shape index (κ2) is 7.32. The first-order valence-electron chi connectivity index (χ1n) is 7.89. The zero-order valence-corrected chi connectivity index (χ0v) is 14.1. The molecule has 3 rings (SSSR count). The summed E-state index contributed by atoms with van der Waals surface area (Å²) in [6, 6.07) is 17.0. The second-order valence-electron chi connectivity index (χ2n) is 5.44. The Balaban J connectivity index is 1.94. The lowest BCUT2D eigenvalue weighted by atomic mass is 10.1. The molecule has 1 heterocycles. The Morgan fingerprint density at radius 2 is 1.83 bits per heavy atom. The van der Waals surface area contributed by atoms with Crippen molar-refractivity contribution >= 4 is 23.2 Å². The summed E-state index contributed by atoms with van der Waals surface area (Å²) in [5.41, 5.74) is 3.01. The topological polar surface area (TPSA) is 46.9 Å². The molecule has 0 radical (unpaired) electrons. The molecule has 1 aromatic heterocycles. The maximum absolute atomic E-state index is 12.7. The molecule has 122 valence electrons. The lowest BCUT2D eigenvalue weighted by molar-refractivity contribution is 0.102. The van der Waals surface area contributed by atoms with Gasteiger partial charge in [0.15, 0.2) is 0 Å². The van der Waals surface area contributed by atoms with Gasteiger partial charge in [-0.05, 0) is 30.7 Å². The molecule has 3 aromatic rings. The highest BCUT2D eigenvalue weighted by molar-refractivity contribution is 6.33. The van der Waals surface area contributed by atoms with Gasteiger partial charge in [-0.3, -0.25) is 4.79 Å². The molecule has 0 saturated heterocycles. The third-order valence-corrected chi connectivity index (χ3v) is 4.05. The average Bonchev–Trinajstić information content (AvgIpc) is 3.02. The van der Waals surface area contributed by atoms with E-state index in [-0.39, 0.29) is 5.91 Å². The van der Waals surface area contributed by atoms with E-state index in [0.717, 1.165) is 24.2 Å². The molecular formula is C19H18ClN3O. The van der Waals surface area contributed by atoms with Crippen LogP contribution in [-0.4, -0.2) is 15.7 Å². The SMILES string of the molecule is CCCc1c(C(=O)Nc2ccccc2Cl)cnn1-c1ccccc1. The normalized spacial score (nSPS) is 10.6. The zero-order chi connectivity index (χ0) is 16.9. The lowest BCUT2D eigenvalue weighted by Gasteiger charge is -2.10. The van der Waals surface area contributed by atoms with E-state index in [1.165, 1.54) is 0 Å². The molecular weight excluding hydrogens is 322 g/mol. The van der Waals surface area contributed by atoms with Crippen molar-refractivity contribution in [1.82, 2.24) is 9.78 Å². The van der Waals surface area contributed by atoms with E-state index in [1.807, 2.05) is 47.1 Å². The van der Waals surface area contributed by atoms with Crippen LogP contribution in [0.1, 0.15) is 29.4 Å². The summed E-state index contributed by atoms with van der Waals surface area (Å²) in [6.45, 7) is 2.08. The zero-order valence-electron chi connectivity index (χ0n) is 13.4. The van der Waals surface area contributed by atoms with Crippen molar-refractivity contribution in [1.29, 1.82) is 0 Å². The number of halogens is 1. The molecule has 0 unspecified atom stereocenters. The maximum Gasteiger partial charge on any atom is 0.259 e. The highest BCUT2D eigenvalue weighted by Gasteiger charge is 2.18. The summed E-state index contributed by atoms with van der Waals surface area (Å²) in [5, 5.41) is 7.79. The van der Waals surface area contributed by atoms with Crippen LogP contribution in [-0.2, 0) is 6.42 Å². The van der Waals surface area contributed by atoms with Gasteiger partial charge >= 0.3 is 0 Å². The van der Waals surface area contributed by atoms with E-state index in [9.17, 15) is 4.79 Å². The predicted octanol–water partition coefficient (Wildman–Crippen LogP) is 4.73. The molecule has 24 heavy (non-hydrogen) atoms. The average molecular weight is 340 g/mol. The summed E-state index contributed by atoms with van der Waals surface area (Å²) in [7, 11) is 0. The monoisotopic (exact) mass is 339 g/mol. The molecule has 0 bridgehead atoms. The molecule has 4 nitrogen and oxygen atoms in total. The Labute approximate surface area is 146 Å². The van der Waals surface area contributed by atoms with E-state index in [1.54, 1.807) is 18.3 Å². The van der Waals surface area contributed by atoms with Crippen molar-refractivity contribution in [2.24, 2.45) is 0 Å². The van der Waals surface area contributed by atoms with Crippen LogP contribution in [0, 0.1) is 0 Å². The Morgan fingerprint density at radius 1 is 1.12 bits per heavy atom. The van der Waals surface area contributed by atoms with Crippen molar-refractivity contribution in [3.63, 3.8) is 0 Å². The molecule has 0 fully saturated rings. The largest absolute Gasteiger partial charge is 0.321 e. The number of carbonyl (C=O) groups is 1. The maximum atomic E-state index is 12.7. The van der Waals surface area contributed by atoms with Crippen LogP contribution in [0.15, 0.2) is 60.8 Å². The van der Waals surface area contributed by atoms with Gasteiger partial charge in [-0.1, -0.05) is 55.3 Å².